The predicted molar refractivity (Wildman–Crippen MR) is 66.9 cm³/mol. The van der Waals surface area contributed by atoms with Gasteiger partial charge in [-0.25, -0.2) is 0 Å². The van der Waals surface area contributed by atoms with Gasteiger partial charge in [0.2, 0.25) is 5.91 Å². The molecule has 1 aliphatic rings. The van der Waals surface area contributed by atoms with Crippen molar-refractivity contribution in [2.24, 2.45) is 5.73 Å². The van der Waals surface area contributed by atoms with Gasteiger partial charge >= 0.3 is 0 Å². The first-order valence-corrected chi connectivity index (χ1v) is 6.16. The lowest BCUT2D eigenvalue weighted by Crippen LogP contribution is -2.43. The molecule has 1 aliphatic carbocycles. The summed E-state index contributed by atoms with van der Waals surface area (Å²) in [7, 11) is 0. The van der Waals surface area contributed by atoms with Gasteiger partial charge in [0.1, 0.15) is 0 Å². The first-order valence-electron chi connectivity index (χ1n) is 5.37. The molecule has 0 bridgehead atoms. The van der Waals surface area contributed by atoms with E-state index in [9.17, 15) is 4.79 Å². The van der Waals surface area contributed by atoms with Crippen molar-refractivity contribution in [3.8, 4) is 0 Å². The topological polar surface area (TPSA) is 55.1 Å². The minimum Gasteiger partial charge on any atom is -0.348 e. The van der Waals surface area contributed by atoms with Gasteiger partial charge in [-0.15, -0.1) is 0 Å². The van der Waals surface area contributed by atoms with Gasteiger partial charge in [-0.05, 0) is 31.4 Å². The molecule has 1 amide bonds. The van der Waals surface area contributed by atoms with E-state index in [0.717, 1.165) is 22.9 Å². The normalized spacial score (nSPS) is 18.9. The maximum absolute atomic E-state index is 11.8. The van der Waals surface area contributed by atoms with Gasteiger partial charge in [-0.3, -0.25) is 4.79 Å². The van der Waals surface area contributed by atoms with E-state index in [0.29, 0.717) is 0 Å². The van der Waals surface area contributed by atoms with Crippen LogP contribution in [0.4, 0.5) is 0 Å². The van der Waals surface area contributed by atoms with Crippen molar-refractivity contribution in [2.45, 2.75) is 31.3 Å². The third-order valence-electron chi connectivity index (χ3n) is 2.96. The average molecular weight is 283 g/mol. The maximum atomic E-state index is 11.8. The molecule has 4 heteroatoms. The highest BCUT2D eigenvalue weighted by atomic mass is 79.9. The quantitative estimate of drug-likeness (QED) is 0.892. The molecule has 1 aromatic carbocycles. The SMILES string of the molecule is C[C@@H](NC(=O)C1(N)CC1)c1ccccc1Br. The summed E-state index contributed by atoms with van der Waals surface area (Å²) in [6.45, 7) is 1.96. The van der Waals surface area contributed by atoms with Crippen molar-refractivity contribution in [1.29, 1.82) is 0 Å². The van der Waals surface area contributed by atoms with Crippen LogP contribution >= 0.6 is 15.9 Å². The van der Waals surface area contributed by atoms with Gasteiger partial charge in [0.25, 0.3) is 0 Å². The number of hydrogen-bond donors (Lipinski definition) is 2. The molecule has 1 aromatic rings. The first kappa shape index (κ1) is 11.6. The van der Waals surface area contributed by atoms with Gasteiger partial charge in [0.05, 0.1) is 11.6 Å². The van der Waals surface area contributed by atoms with Crippen LogP contribution in [0.2, 0.25) is 0 Å². The molecular formula is C12H15BrN2O. The highest BCUT2D eigenvalue weighted by molar-refractivity contribution is 9.10. The van der Waals surface area contributed by atoms with E-state index in [-0.39, 0.29) is 11.9 Å². The van der Waals surface area contributed by atoms with Crippen molar-refractivity contribution in [1.82, 2.24) is 5.32 Å². The van der Waals surface area contributed by atoms with Crippen molar-refractivity contribution in [3.05, 3.63) is 34.3 Å². The third-order valence-corrected chi connectivity index (χ3v) is 3.68. The largest absolute Gasteiger partial charge is 0.348 e. The Balaban J connectivity index is 2.06. The molecule has 2 rings (SSSR count). The first-order chi connectivity index (χ1) is 7.53. The van der Waals surface area contributed by atoms with Crippen LogP contribution in [0.15, 0.2) is 28.7 Å². The Bertz CT molecular complexity index is 415. The summed E-state index contributed by atoms with van der Waals surface area (Å²) >= 11 is 3.47. The smallest absolute Gasteiger partial charge is 0.240 e. The molecule has 86 valence electrons. The molecule has 0 spiro atoms. The van der Waals surface area contributed by atoms with Crippen LogP contribution < -0.4 is 11.1 Å². The van der Waals surface area contributed by atoms with Crippen molar-refractivity contribution >= 4 is 21.8 Å². The number of nitrogens with two attached hydrogens (primary N) is 1. The highest BCUT2D eigenvalue weighted by Crippen LogP contribution is 2.33. The van der Waals surface area contributed by atoms with E-state index in [1.165, 1.54) is 0 Å². The lowest BCUT2D eigenvalue weighted by molar-refractivity contribution is -0.123. The van der Waals surface area contributed by atoms with Crippen LogP contribution in [0.3, 0.4) is 0 Å². The van der Waals surface area contributed by atoms with Gasteiger partial charge in [0, 0.05) is 4.47 Å². The fourth-order valence-electron chi connectivity index (χ4n) is 1.61. The summed E-state index contributed by atoms with van der Waals surface area (Å²) < 4.78 is 1.00. The predicted octanol–water partition coefficient (Wildman–Crippen LogP) is 2.12. The van der Waals surface area contributed by atoms with E-state index in [1.54, 1.807) is 0 Å². The number of hydrogen-bond acceptors (Lipinski definition) is 2. The van der Waals surface area contributed by atoms with Gasteiger partial charge in [-0.2, -0.15) is 0 Å². The fraction of sp³-hybridized carbons (Fsp3) is 0.417. The summed E-state index contributed by atoms with van der Waals surface area (Å²) in [5.74, 6) is -0.0456. The van der Waals surface area contributed by atoms with Crippen LogP contribution in [0.25, 0.3) is 0 Å². The number of rotatable bonds is 3. The second kappa shape index (κ2) is 4.18. The number of carbonyl (C=O) groups excluding carboxylic acids is 1. The standard InChI is InChI=1S/C12H15BrN2O/c1-8(9-4-2-3-5-10(9)13)15-11(16)12(14)6-7-12/h2-5,8H,6-7,14H2,1H3,(H,15,16)/t8-/m1/s1. The fourth-order valence-corrected chi connectivity index (χ4v) is 2.23. The van der Waals surface area contributed by atoms with E-state index in [4.69, 9.17) is 5.73 Å². The molecule has 1 saturated carbocycles. The van der Waals surface area contributed by atoms with Crippen LogP contribution in [0.1, 0.15) is 31.4 Å². The molecule has 3 nitrogen and oxygen atoms in total. The number of carbonyl (C=O) groups is 1. The van der Waals surface area contributed by atoms with Crippen LogP contribution in [-0.4, -0.2) is 11.4 Å². The summed E-state index contributed by atoms with van der Waals surface area (Å²) in [4.78, 5) is 11.8. The van der Waals surface area contributed by atoms with E-state index < -0.39 is 5.54 Å². The molecule has 1 atom stereocenters. The third kappa shape index (κ3) is 2.28. The number of nitrogens with one attached hydrogen (secondary N) is 1. The zero-order valence-electron chi connectivity index (χ0n) is 9.16. The summed E-state index contributed by atoms with van der Waals surface area (Å²) in [6.07, 6.45) is 1.59. The second-order valence-electron chi connectivity index (χ2n) is 4.37. The van der Waals surface area contributed by atoms with Gasteiger partial charge in [-0.1, -0.05) is 34.1 Å². The van der Waals surface area contributed by atoms with E-state index in [1.807, 2.05) is 31.2 Å². The Morgan fingerprint density at radius 2 is 2.12 bits per heavy atom. The highest BCUT2D eigenvalue weighted by Gasteiger charge is 2.46. The van der Waals surface area contributed by atoms with E-state index >= 15 is 0 Å². The van der Waals surface area contributed by atoms with Crippen LogP contribution in [0, 0.1) is 0 Å². The maximum Gasteiger partial charge on any atom is 0.240 e. The molecule has 0 saturated heterocycles. The van der Waals surface area contributed by atoms with Crippen molar-refractivity contribution in [3.63, 3.8) is 0 Å². The minimum absolute atomic E-state index is 0.0240. The Morgan fingerprint density at radius 1 is 1.50 bits per heavy atom. The molecule has 0 aromatic heterocycles. The lowest BCUT2D eigenvalue weighted by atomic mass is 10.1. The van der Waals surface area contributed by atoms with E-state index in [2.05, 4.69) is 21.2 Å². The molecule has 0 aliphatic heterocycles. The van der Waals surface area contributed by atoms with Crippen molar-refractivity contribution < 1.29 is 4.79 Å². The zero-order chi connectivity index (χ0) is 11.8. The number of halogens is 1. The van der Waals surface area contributed by atoms with Crippen LogP contribution in [0.5, 0.6) is 0 Å². The summed E-state index contributed by atoms with van der Waals surface area (Å²) in [5, 5.41) is 2.95. The average Bonchev–Trinajstić information content (AvgIpc) is 2.98. The summed E-state index contributed by atoms with van der Waals surface area (Å²) in [5.41, 5.74) is 6.30. The van der Waals surface area contributed by atoms with Crippen molar-refractivity contribution in [2.75, 3.05) is 0 Å². The molecule has 0 heterocycles. The second-order valence-corrected chi connectivity index (χ2v) is 5.23. The van der Waals surface area contributed by atoms with Crippen LogP contribution in [-0.2, 0) is 4.79 Å². The molecule has 16 heavy (non-hydrogen) atoms. The molecule has 1 fully saturated rings. The monoisotopic (exact) mass is 282 g/mol. The van der Waals surface area contributed by atoms with Gasteiger partial charge in [0.15, 0.2) is 0 Å². The summed E-state index contributed by atoms with van der Waals surface area (Å²) in [6, 6.07) is 7.84. The Morgan fingerprint density at radius 3 is 2.69 bits per heavy atom. The lowest BCUT2D eigenvalue weighted by Gasteiger charge is -2.18. The zero-order valence-corrected chi connectivity index (χ0v) is 10.8. The van der Waals surface area contributed by atoms with Gasteiger partial charge < -0.3 is 11.1 Å². The molecule has 0 radical (unpaired) electrons. The number of benzene rings is 1. The Labute approximate surface area is 104 Å². The molecule has 0 unspecified atom stereocenters. The Kier molecular flexibility index (Phi) is 3.04. The Hall–Kier alpha value is -0.870. The number of amides is 1. The molecular weight excluding hydrogens is 268 g/mol. The molecule has 3 N–H and O–H groups in total. The minimum atomic E-state index is -0.602.